The Hall–Kier alpha value is 0.160. The molecule has 3 rings (SSSR count). The molecule has 2 fully saturated rings. The first-order valence-corrected chi connectivity index (χ1v) is 7.06. The molecule has 94 valence electrons. The van der Waals surface area contributed by atoms with Crippen molar-refractivity contribution in [3.8, 4) is 0 Å². The van der Waals surface area contributed by atoms with Crippen molar-refractivity contribution in [2.24, 2.45) is 11.8 Å². The van der Waals surface area contributed by atoms with Crippen molar-refractivity contribution in [1.82, 2.24) is 10.2 Å². The minimum Gasteiger partial charge on any atom is -0.316 e. The third-order valence-electron chi connectivity index (χ3n) is 3.78. The Morgan fingerprint density at radius 1 is 1.12 bits per heavy atom. The summed E-state index contributed by atoms with van der Waals surface area (Å²) in [6.07, 6.45) is 0. The number of fused-ring (bicyclic) bond motifs is 1. The molecule has 2 nitrogen and oxygen atoms in total. The molecular formula is C13H18ClIN2. The van der Waals surface area contributed by atoms with Crippen molar-refractivity contribution in [3.05, 3.63) is 33.4 Å². The maximum Gasteiger partial charge on any atom is 0.0234 e. The summed E-state index contributed by atoms with van der Waals surface area (Å²) in [5, 5.41) is 3.49. The SMILES string of the molecule is Cl.Ic1ccc(CN2C[C@H]3CNC[C@H]3C2)cc1. The molecule has 4 heteroatoms. The van der Waals surface area contributed by atoms with Gasteiger partial charge >= 0.3 is 0 Å². The first-order valence-electron chi connectivity index (χ1n) is 5.99. The summed E-state index contributed by atoms with van der Waals surface area (Å²) >= 11 is 2.36. The van der Waals surface area contributed by atoms with Gasteiger partial charge in [0.15, 0.2) is 0 Å². The predicted molar refractivity (Wildman–Crippen MR) is 81.5 cm³/mol. The maximum atomic E-state index is 3.49. The highest BCUT2D eigenvalue weighted by molar-refractivity contribution is 14.1. The normalized spacial score (nSPS) is 27.8. The van der Waals surface area contributed by atoms with Gasteiger partial charge in [0, 0.05) is 23.2 Å². The molecule has 17 heavy (non-hydrogen) atoms. The lowest BCUT2D eigenvalue weighted by molar-refractivity contribution is 0.305. The van der Waals surface area contributed by atoms with Crippen LogP contribution in [-0.2, 0) is 6.54 Å². The Bertz CT molecular complexity index is 356. The molecule has 0 aliphatic carbocycles. The van der Waals surface area contributed by atoms with E-state index in [9.17, 15) is 0 Å². The Labute approximate surface area is 123 Å². The third kappa shape index (κ3) is 3.13. The van der Waals surface area contributed by atoms with Crippen LogP contribution in [0.15, 0.2) is 24.3 Å². The first kappa shape index (κ1) is 13.6. The van der Waals surface area contributed by atoms with Crippen LogP contribution < -0.4 is 5.32 Å². The molecule has 0 radical (unpaired) electrons. The lowest BCUT2D eigenvalue weighted by Crippen LogP contribution is -2.25. The molecule has 2 atom stereocenters. The van der Waals surface area contributed by atoms with Crippen LogP contribution >= 0.6 is 35.0 Å². The van der Waals surface area contributed by atoms with Gasteiger partial charge in [-0.1, -0.05) is 12.1 Å². The smallest absolute Gasteiger partial charge is 0.0234 e. The fraction of sp³-hybridized carbons (Fsp3) is 0.538. The van der Waals surface area contributed by atoms with E-state index in [-0.39, 0.29) is 12.4 Å². The van der Waals surface area contributed by atoms with Crippen LogP contribution in [0, 0.1) is 15.4 Å². The second-order valence-corrected chi connectivity index (χ2v) is 6.24. The van der Waals surface area contributed by atoms with Crippen LogP contribution in [0.25, 0.3) is 0 Å². The molecule has 2 aliphatic heterocycles. The van der Waals surface area contributed by atoms with E-state index in [1.165, 1.54) is 35.3 Å². The molecule has 0 unspecified atom stereocenters. The summed E-state index contributed by atoms with van der Waals surface area (Å²) in [6, 6.07) is 8.92. The fourth-order valence-corrected chi connectivity index (χ4v) is 3.29. The molecule has 1 N–H and O–H groups in total. The Balaban J connectivity index is 0.00000108. The molecule has 0 saturated carbocycles. The van der Waals surface area contributed by atoms with Crippen molar-refractivity contribution in [2.75, 3.05) is 26.2 Å². The van der Waals surface area contributed by atoms with Gasteiger partial charge in [0.1, 0.15) is 0 Å². The minimum absolute atomic E-state index is 0. The Morgan fingerprint density at radius 2 is 1.71 bits per heavy atom. The van der Waals surface area contributed by atoms with E-state index in [0.717, 1.165) is 18.4 Å². The summed E-state index contributed by atoms with van der Waals surface area (Å²) in [6.45, 7) is 6.15. The molecule has 1 aromatic rings. The third-order valence-corrected chi connectivity index (χ3v) is 4.50. The van der Waals surface area contributed by atoms with E-state index in [4.69, 9.17) is 0 Å². The second kappa shape index (κ2) is 5.87. The van der Waals surface area contributed by atoms with E-state index >= 15 is 0 Å². The van der Waals surface area contributed by atoms with Crippen LogP contribution in [0.4, 0.5) is 0 Å². The average molecular weight is 365 g/mol. The zero-order valence-electron chi connectivity index (χ0n) is 9.73. The summed E-state index contributed by atoms with van der Waals surface area (Å²) < 4.78 is 1.32. The van der Waals surface area contributed by atoms with Gasteiger partial charge in [-0.3, -0.25) is 4.90 Å². The monoisotopic (exact) mass is 364 g/mol. The van der Waals surface area contributed by atoms with Crippen molar-refractivity contribution in [1.29, 1.82) is 0 Å². The molecule has 0 bridgehead atoms. The number of rotatable bonds is 2. The molecule has 0 amide bonds. The highest BCUT2D eigenvalue weighted by Gasteiger charge is 2.35. The average Bonchev–Trinajstić information content (AvgIpc) is 2.81. The molecule has 2 saturated heterocycles. The van der Waals surface area contributed by atoms with Crippen LogP contribution in [0.2, 0.25) is 0 Å². The highest BCUT2D eigenvalue weighted by Crippen LogP contribution is 2.27. The Morgan fingerprint density at radius 3 is 2.29 bits per heavy atom. The van der Waals surface area contributed by atoms with Crippen molar-refractivity contribution < 1.29 is 0 Å². The molecule has 2 aliphatic rings. The largest absolute Gasteiger partial charge is 0.316 e. The Kier molecular flexibility index (Phi) is 4.69. The van der Waals surface area contributed by atoms with Gasteiger partial charge in [0.05, 0.1) is 0 Å². The van der Waals surface area contributed by atoms with Crippen LogP contribution in [0.1, 0.15) is 5.56 Å². The van der Waals surface area contributed by atoms with Crippen molar-refractivity contribution >= 4 is 35.0 Å². The minimum atomic E-state index is 0. The van der Waals surface area contributed by atoms with E-state index in [1.54, 1.807) is 0 Å². The van der Waals surface area contributed by atoms with Gasteiger partial charge in [-0.25, -0.2) is 0 Å². The van der Waals surface area contributed by atoms with E-state index in [1.807, 2.05) is 0 Å². The quantitative estimate of drug-likeness (QED) is 0.811. The highest BCUT2D eigenvalue weighted by atomic mass is 127. The number of nitrogens with one attached hydrogen (secondary N) is 1. The summed E-state index contributed by atoms with van der Waals surface area (Å²) in [5.74, 6) is 1.81. The van der Waals surface area contributed by atoms with Gasteiger partial charge in [-0.2, -0.15) is 0 Å². The van der Waals surface area contributed by atoms with E-state index in [0.29, 0.717) is 0 Å². The van der Waals surface area contributed by atoms with Gasteiger partial charge in [-0.05, 0) is 65.2 Å². The van der Waals surface area contributed by atoms with Gasteiger partial charge < -0.3 is 5.32 Å². The lowest BCUT2D eigenvalue weighted by Gasteiger charge is -2.16. The standard InChI is InChI=1S/C13H17IN2.ClH/c14-13-3-1-10(2-4-13)7-16-8-11-5-15-6-12(11)9-16;/h1-4,11-12,15H,5-9H2;1H/t11-,12+;. The summed E-state index contributed by atoms with van der Waals surface area (Å²) in [4.78, 5) is 2.61. The first-order chi connectivity index (χ1) is 7.81. The molecular weight excluding hydrogens is 347 g/mol. The predicted octanol–water partition coefficient (Wildman–Crippen LogP) is 2.36. The number of benzene rings is 1. The summed E-state index contributed by atoms with van der Waals surface area (Å²) in [5.41, 5.74) is 1.45. The maximum absolute atomic E-state index is 3.49. The molecule has 2 heterocycles. The fourth-order valence-electron chi connectivity index (χ4n) is 2.93. The molecule has 0 aromatic heterocycles. The van der Waals surface area contributed by atoms with Gasteiger partial charge in [0.25, 0.3) is 0 Å². The lowest BCUT2D eigenvalue weighted by atomic mass is 10.0. The summed E-state index contributed by atoms with van der Waals surface area (Å²) in [7, 11) is 0. The second-order valence-electron chi connectivity index (χ2n) is 5.00. The number of nitrogens with zero attached hydrogens (tertiary/aromatic N) is 1. The molecule has 0 spiro atoms. The van der Waals surface area contributed by atoms with E-state index in [2.05, 4.69) is 57.1 Å². The van der Waals surface area contributed by atoms with Crippen molar-refractivity contribution in [2.45, 2.75) is 6.54 Å². The van der Waals surface area contributed by atoms with Crippen LogP contribution in [0.3, 0.4) is 0 Å². The number of halogens is 2. The zero-order chi connectivity index (χ0) is 11.0. The number of likely N-dealkylation sites (tertiary alicyclic amines) is 1. The van der Waals surface area contributed by atoms with Crippen molar-refractivity contribution in [3.63, 3.8) is 0 Å². The van der Waals surface area contributed by atoms with Crippen LogP contribution in [0.5, 0.6) is 0 Å². The molecule has 1 aromatic carbocycles. The number of hydrogen-bond donors (Lipinski definition) is 1. The van der Waals surface area contributed by atoms with Crippen LogP contribution in [-0.4, -0.2) is 31.1 Å². The number of hydrogen-bond acceptors (Lipinski definition) is 2. The van der Waals surface area contributed by atoms with Gasteiger partial charge in [0.2, 0.25) is 0 Å². The topological polar surface area (TPSA) is 15.3 Å². The zero-order valence-corrected chi connectivity index (χ0v) is 12.7. The van der Waals surface area contributed by atoms with E-state index < -0.39 is 0 Å². The van der Waals surface area contributed by atoms with Gasteiger partial charge in [-0.15, -0.1) is 12.4 Å².